The highest BCUT2D eigenvalue weighted by molar-refractivity contribution is 9.11. The first-order valence-corrected chi connectivity index (χ1v) is 7.75. The summed E-state index contributed by atoms with van der Waals surface area (Å²) < 4.78 is 1.01. The Labute approximate surface area is 115 Å². The van der Waals surface area contributed by atoms with E-state index >= 15 is 0 Å². The van der Waals surface area contributed by atoms with Gasteiger partial charge in [0.2, 0.25) is 0 Å². The zero-order chi connectivity index (χ0) is 12.4. The normalized spacial score (nSPS) is 29.0. The summed E-state index contributed by atoms with van der Waals surface area (Å²) in [5.41, 5.74) is 0. The van der Waals surface area contributed by atoms with Crippen LogP contribution >= 0.6 is 27.3 Å². The summed E-state index contributed by atoms with van der Waals surface area (Å²) in [6, 6.07) is 4.14. The van der Waals surface area contributed by atoms with E-state index in [1.807, 2.05) is 12.1 Å². The van der Waals surface area contributed by atoms with Crippen molar-refractivity contribution >= 4 is 33.2 Å². The minimum atomic E-state index is 0.0756. The quantitative estimate of drug-likeness (QED) is 0.876. The fourth-order valence-electron chi connectivity index (χ4n) is 2.46. The fraction of sp³-hybridized carbons (Fsp3) is 0.615. The van der Waals surface area contributed by atoms with Gasteiger partial charge in [-0.05, 0) is 46.3 Å². The number of rotatable bonds is 2. The van der Waals surface area contributed by atoms with Crippen LogP contribution in [0.5, 0.6) is 0 Å². The average Bonchev–Trinajstić information content (AvgIpc) is 2.72. The van der Waals surface area contributed by atoms with Crippen LogP contribution in [0, 0.1) is 11.8 Å². The Balaban J connectivity index is 1.98. The molecule has 2 nitrogen and oxygen atoms in total. The van der Waals surface area contributed by atoms with Crippen LogP contribution in [0.25, 0.3) is 0 Å². The summed E-state index contributed by atoms with van der Waals surface area (Å²) in [4.78, 5) is 12.9. The van der Waals surface area contributed by atoms with E-state index in [4.69, 9.17) is 0 Å². The Morgan fingerprint density at radius 2 is 2.18 bits per heavy atom. The first kappa shape index (κ1) is 13.1. The molecule has 17 heavy (non-hydrogen) atoms. The van der Waals surface area contributed by atoms with Gasteiger partial charge in [-0.3, -0.25) is 4.79 Å². The highest BCUT2D eigenvalue weighted by Crippen LogP contribution is 2.30. The second-order valence-corrected chi connectivity index (χ2v) is 7.41. The number of carbonyl (C=O) groups excluding carboxylic acids is 1. The van der Waals surface area contributed by atoms with E-state index in [-0.39, 0.29) is 5.91 Å². The Bertz CT molecular complexity index is 404. The Hall–Kier alpha value is -0.350. The summed E-state index contributed by atoms with van der Waals surface area (Å²) in [6.07, 6.45) is 3.63. The molecule has 2 rings (SSSR count). The van der Waals surface area contributed by atoms with E-state index in [1.54, 1.807) is 0 Å². The van der Waals surface area contributed by atoms with Crippen LogP contribution in [0.15, 0.2) is 15.9 Å². The molecule has 0 bridgehead atoms. The molecule has 1 N–H and O–H groups in total. The molecule has 1 heterocycles. The van der Waals surface area contributed by atoms with Crippen molar-refractivity contribution in [1.29, 1.82) is 0 Å². The van der Waals surface area contributed by atoms with Gasteiger partial charge in [-0.1, -0.05) is 26.7 Å². The molecular formula is C13H18BrNOS. The molecule has 0 spiro atoms. The molecule has 1 aromatic heterocycles. The molecule has 3 atom stereocenters. The van der Waals surface area contributed by atoms with E-state index in [0.717, 1.165) is 15.1 Å². The molecule has 1 amide bonds. The van der Waals surface area contributed by atoms with Gasteiger partial charge in [-0.25, -0.2) is 0 Å². The minimum Gasteiger partial charge on any atom is -0.348 e. The van der Waals surface area contributed by atoms with Crippen molar-refractivity contribution in [3.8, 4) is 0 Å². The lowest BCUT2D eigenvalue weighted by molar-refractivity contribution is 0.0895. The molecule has 0 saturated heterocycles. The van der Waals surface area contributed by atoms with Gasteiger partial charge < -0.3 is 5.32 Å². The molecule has 1 aliphatic rings. The largest absolute Gasteiger partial charge is 0.348 e. The van der Waals surface area contributed by atoms with E-state index in [9.17, 15) is 4.79 Å². The third kappa shape index (κ3) is 3.10. The summed E-state index contributed by atoms with van der Waals surface area (Å²) in [6.45, 7) is 4.53. The highest BCUT2D eigenvalue weighted by atomic mass is 79.9. The van der Waals surface area contributed by atoms with Crippen LogP contribution in [0.4, 0.5) is 0 Å². The van der Waals surface area contributed by atoms with Crippen molar-refractivity contribution in [3.05, 3.63) is 20.8 Å². The SMILES string of the molecule is CC1CCCC(NC(=O)c2ccc(Br)s2)C1C. The maximum atomic E-state index is 12.1. The second kappa shape index (κ2) is 5.53. The molecule has 0 aromatic carbocycles. The molecule has 94 valence electrons. The number of hydrogen-bond acceptors (Lipinski definition) is 2. The molecule has 3 unspecified atom stereocenters. The average molecular weight is 316 g/mol. The second-order valence-electron chi connectivity index (χ2n) is 4.95. The predicted octanol–water partition coefficient (Wildman–Crippen LogP) is 4.07. The van der Waals surface area contributed by atoms with Crippen molar-refractivity contribution in [1.82, 2.24) is 5.32 Å². The maximum Gasteiger partial charge on any atom is 0.261 e. The third-order valence-corrected chi connectivity index (χ3v) is 5.44. The molecule has 1 aliphatic carbocycles. The zero-order valence-electron chi connectivity index (χ0n) is 10.2. The molecule has 1 fully saturated rings. The number of amides is 1. The topological polar surface area (TPSA) is 29.1 Å². The first-order chi connectivity index (χ1) is 8.08. The van der Waals surface area contributed by atoms with Gasteiger partial charge in [0.05, 0.1) is 8.66 Å². The van der Waals surface area contributed by atoms with Gasteiger partial charge in [0.25, 0.3) is 5.91 Å². The molecular weight excluding hydrogens is 298 g/mol. The smallest absolute Gasteiger partial charge is 0.261 e. The maximum absolute atomic E-state index is 12.1. The van der Waals surface area contributed by atoms with Crippen molar-refractivity contribution in [3.63, 3.8) is 0 Å². The monoisotopic (exact) mass is 315 g/mol. The number of carbonyl (C=O) groups is 1. The molecule has 0 radical (unpaired) electrons. The van der Waals surface area contributed by atoms with Gasteiger partial charge in [0.1, 0.15) is 0 Å². The van der Waals surface area contributed by atoms with E-state index in [0.29, 0.717) is 17.9 Å². The van der Waals surface area contributed by atoms with Gasteiger partial charge in [0, 0.05) is 6.04 Å². The molecule has 0 aliphatic heterocycles. The van der Waals surface area contributed by atoms with Crippen molar-refractivity contribution < 1.29 is 4.79 Å². The van der Waals surface area contributed by atoms with Crippen molar-refractivity contribution in [2.24, 2.45) is 11.8 Å². The van der Waals surface area contributed by atoms with Crippen LogP contribution in [0.2, 0.25) is 0 Å². The Kier molecular flexibility index (Phi) is 4.26. The van der Waals surface area contributed by atoms with Gasteiger partial charge in [-0.15, -0.1) is 11.3 Å². The standard InChI is InChI=1S/C13H18BrNOS/c1-8-4-3-5-10(9(8)2)15-13(16)11-6-7-12(14)17-11/h6-10H,3-5H2,1-2H3,(H,15,16). The molecule has 1 saturated carbocycles. The lowest BCUT2D eigenvalue weighted by atomic mass is 9.78. The van der Waals surface area contributed by atoms with Crippen LogP contribution in [-0.4, -0.2) is 11.9 Å². The number of thiophene rings is 1. The molecule has 1 aromatic rings. The summed E-state index contributed by atoms with van der Waals surface area (Å²) >= 11 is 4.88. The van der Waals surface area contributed by atoms with Crippen LogP contribution in [0.3, 0.4) is 0 Å². The minimum absolute atomic E-state index is 0.0756. The third-order valence-electron chi connectivity index (χ3n) is 3.82. The van der Waals surface area contributed by atoms with Gasteiger partial charge >= 0.3 is 0 Å². The summed E-state index contributed by atoms with van der Waals surface area (Å²) in [5.74, 6) is 1.37. The van der Waals surface area contributed by atoms with Crippen LogP contribution in [0.1, 0.15) is 42.8 Å². The van der Waals surface area contributed by atoms with Crippen LogP contribution in [-0.2, 0) is 0 Å². The van der Waals surface area contributed by atoms with Gasteiger partial charge in [-0.2, -0.15) is 0 Å². The van der Waals surface area contributed by atoms with E-state index in [1.165, 1.54) is 24.2 Å². The number of halogens is 1. The van der Waals surface area contributed by atoms with E-state index in [2.05, 4.69) is 35.1 Å². The Morgan fingerprint density at radius 3 is 2.82 bits per heavy atom. The Morgan fingerprint density at radius 1 is 1.41 bits per heavy atom. The lowest BCUT2D eigenvalue weighted by Gasteiger charge is -2.34. The summed E-state index contributed by atoms with van der Waals surface area (Å²) in [5, 5.41) is 3.18. The van der Waals surface area contributed by atoms with Crippen molar-refractivity contribution in [2.75, 3.05) is 0 Å². The predicted molar refractivity (Wildman–Crippen MR) is 75.5 cm³/mol. The zero-order valence-corrected chi connectivity index (χ0v) is 12.6. The summed E-state index contributed by atoms with van der Waals surface area (Å²) in [7, 11) is 0. The number of nitrogens with one attached hydrogen (secondary N) is 1. The first-order valence-electron chi connectivity index (χ1n) is 6.14. The fourth-order valence-corrected chi connectivity index (χ4v) is 3.75. The van der Waals surface area contributed by atoms with Crippen LogP contribution < -0.4 is 5.32 Å². The van der Waals surface area contributed by atoms with Gasteiger partial charge in [0.15, 0.2) is 0 Å². The molecule has 4 heteroatoms. The highest BCUT2D eigenvalue weighted by Gasteiger charge is 2.28. The van der Waals surface area contributed by atoms with Crippen molar-refractivity contribution in [2.45, 2.75) is 39.2 Å². The van der Waals surface area contributed by atoms with E-state index < -0.39 is 0 Å². The number of hydrogen-bond donors (Lipinski definition) is 1. The lowest BCUT2D eigenvalue weighted by Crippen LogP contribution is -2.43.